The van der Waals surface area contributed by atoms with Crippen LogP contribution in [-0.4, -0.2) is 17.9 Å². The Morgan fingerprint density at radius 1 is 1.37 bits per heavy atom. The van der Waals surface area contributed by atoms with E-state index in [9.17, 15) is 9.59 Å². The van der Waals surface area contributed by atoms with Gasteiger partial charge in [0.25, 0.3) is 0 Å². The van der Waals surface area contributed by atoms with Gasteiger partial charge in [-0.1, -0.05) is 33.8 Å². The smallest absolute Gasteiger partial charge is 0.244 e. The van der Waals surface area contributed by atoms with Crippen molar-refractivity contribution in [1.29, 1.82) is 0 Å². The highest BCUT2D eigenvalue weighted by atomic mass is 16.2. The van der Waals surface area contributed by atoms with Crippen LogP contribution in [0.3, 0.4) is 0 Å². The van der Waals surface area contributed by atoms with Crippen LogP contribution in [0.5, 0.6) is 0 Å². The van der Waals surface area contributed by atoms with Crippen molar-refractivity contribution in [3.05, 3.63) is 12.2 Å². The molecule has 0 heterocycles. The highest BCUT2D eigenvalue weighted by Crippen LogP contribution is 2.56. The first-order valence-electron chi connectivity index (χ1n) is 6.89. The van der Waals surface area contributed by atoms with Crippen molar-refractivity contribution in [2.24, 2.45) is 22.5 Å². The van der Waals surface area contributed by atoms with Crippen LogP contribution in [-0.2, 0) is 9.59 Å². The normalized spacial score (nSPS) is 31.3. The van der Waals surface area contributed by atoms with Gasteiger partial charge in [0.2, 0.25) is 11.8 Å². The van der Waals surface area contributed by atoms with Crippen molar-refractivity contribution in [2.45, 2.75) is 53.5 Å². The Morgan fingerprint density at radius 3 is 2.37 bits per heavy atom. The van der Waals surface area contributed by atoms with Crippen LogP contribution < -0.4 is 11.1 Å². The molecule has 1 saturated carbocycles. The standard InChI is InChI=1S/C15H26N2O2/c1-10-6-8-15(5,14(10,3)4)9-7-12(18)17-11(2)13(16)19/h7,9-11H,6,8H2,1-5H3,(H2,16,19)(H,17,18). The third-order valence-electron chi connectivity index (χ3n) is 5.19. The fourth-order valence-electron chi connectivity index (χ4n) is 2.65. The number of primary amides is 1. The SMILES string of the molecule is CC(NC(=O)C=CC1(C)CCC(C)C1(C)C)C(N)=O. The molecule has 0 radical (unpaired) electrons. The third-order valence-corrected chi connectivity index (χ3v) is 5.19. The van der Waals surface area contributed by atoms with Gasteiger partial charge in [0.05, 0.1) is 0 Å². The quantitative estimate of drug-likeness (QED) is 0.764. The lowest BCUT2D eigenvalue weighted by atomic mass is 9.66. The topological polar surface area (TPSA) is 72.2 Å². The number of hydrogen-bond donors (Lipinski definition) is 2. The maximum atomic E-state index is 11.7. The zero-order valence-corrected chi connectivity index (χ0v) is 12.6. The van der Waals surface area contributed by atoms with Crippen LogP contribution in [0.1, 0.15) is 47.5 Å². The first-order chi connectivity index (χ1) is 8.60. The number of allylic oxidation sites excluding steroid dienone is 1. The van der Waals surface area contributed by atoms with Crippen LogP contribution in [0.4, 0.5) is 0 Å². The van der Waals surface area contributed by atoms with Crippen molar-refractivity contribution in [2.75, 3.05) is 0 Å². The van der Waals surface area contributed by atoms with Crippen molar-refractivity contribution < 1.29 is 9.59 Å². The molecule has 0 spiro atoms. The molecule has 0 aromatic carbocycles. The minimum Gasteiger partial charge on any atom is -0.368 e. The van der Waals surface area contributed by atoms with Gasteiger partial charge >= 0.3 is 0 Å². The summed E-state index contributed by atoms with van der Waals surface area (Å²) in [5, 5.41) is 2.56. The fourth-order valence-corrected chi connectivity index (χ4v) is 2.65. The van der Waals surface area contributed by atoms with Crippen LogP contribution >= 0.6 is 0 Å². The molecule has 0 aliphatic heterocycles. The molecule has 0 bridgehead atoms. The lowest BCUT2D eigenvalue weighted by molar-refractivity contribution is -0.124. The molecule has 2 amide bonds. The first-order valence-corrected chi connectivity index (χ1v) is 6.89. The molecule has 3 unspecified atom stereocenters. The molecule has 1 aliphatic rings. The summed E-state index contributed by atoms with van der Waals surface area (Å²) in [7, 11) is 0. The first kappa shape index (κ1) is 15.7. The number of amides is 2. The zero-order chi connectivity index (χ0) is 14.8. The Labute approximate surface area is 115 Å². The van der Waals surface area contributed by atoms with E-state index in [1.165, 1.54) is 6.42 Å². The van der Waals surface area contributed by atoms with Gasteiger partial charge in [0, 0.05) is 0 Å². The summed E-state index contributed by atoms with van der Waals surface area (Å²) in [6.45, 7) is 10.5. The molecule has 4 heteroatoms. The van der Waals surface area contributed by atoms with Crippen molar-refractivity contribution >= 4 is 11.8 Å². The summed E-state index contributed by atoms with van der Waals surface area (Å²) < 4.78 is 0. The molecule has 19 heavy (non-hydrogen) atoms. The average molecular weight is 266 g/mol. The van der Waals surface area contributed by atoms with Crippen molar-refractivity contribution in [3.8, 4) is 0 Å². The molecule has 1 rings (SSSR count). The Morgan fingerprint density at radius 2 is 1.95 bits per heavy atom. The molecule has 0 aromatic heterocycles. The predicted octanol–water partition coefficient (Wildman–Crippen LogP) is 1.99. The average Bonchev–Trinajstić information content (AvgIpc) is 2.51. The highest BCUT2D eigenvalue weighted by molar-refractivity contribution is 5.92. The molecule has 0 saturated heterocycles. The maximum absolute atomic E-state index is 11.7. The maximum Gasteiger partial charge on any atom is 0.244 e. The highest BCUT2D eigenvalue weighted by Gasteiger charge is 2.47. The molecule has 3 N–H and O–H groups in total. The van der Waals surface area contributed by atoms with Gasteiger partial charge in [-0.05, 0) is 42.6 Å². The minimum absolute atomic E-state index is 0.0136. The van der Waals surface area contributed by atoms with Crippen LogP contribution in [0.2, 0.25) is 0 Å². The summed E-state index contributed by atoms with van der Waals surface area (Å²) in [4.78, 5) is 22.6. The van der Waals surface area contributed by atoms with Gasteiger partial charge in [0.1, 0.15) is 6.04 Å². The van der Waals surface area contributed by atoms with E-state index in [4.69, 9.17) is 5.73 Å². The molecule has 4 nitrogen and oxygen atoms in total. The minimum atomic E-state index is -0.638. The van der Waals surface area contributed by atoms with E-state index < -0.39 is 11.9 Å². The Balaban J connectivity index is 2.71. The number of rotatable bonds is 4. The number of nitrogens with two attached hydrogens (primary N) is 1. The van der Waals surface area contributed by atoms with Crippen LogP contribution in [0.25, 0.3) is 0 Å². The molecule has 0 aromatic rings. The van der Waals surface area contributed by atoms with Gasteiger partial charge < -0.3 is 11.1 Å². The van der Waals surface area contributed by atoms with E-state index in [0.717, 1.165) is 6.42 Å². The number of carbonyl (C=O) groups is 2. The summed E-state index contributed by atoms with van der Waals surface area (Å²) in [6.07, 6.45) is 5.78. The van der Waals surface area contributed by atoms with E-state index in [0.29, 0.717) is 5.92 Å². The second-order valence-electron chi connectivity index (χ2n) is 6.54. The molecule has 3 atom stereocenters. The van der Waals surface area contributed by atoms with E-state index >= 15 is 0 Å². The summed E-state index contributed by atoms with van der Waals surface area (Å²) >= 11 is 0. The van der Waals surface area contributed by atoms with Crippen LogP contribution in [0.15, 0.2) is 12.2 Å². The van der Waals surface area contributed by atoms with Gasteiger partial charge in [-0.2, -0.15) is 0 Å². The number of hydrogen-bond acceptors (Lipinski definition) is 2. The molecule has 108 valence electrons. The summed E-state index contributed by atoms with van der Waals surface area (Å²) in [5.74, 6) is -0.152. The molecular formula is C15H26N2O2. The van der Waals surface area contributed by atoms with Gasteiger partial charge in [-0.25, -0.2) is 0 Å². The summed E-state index contributed by atoms with van der Waals surface area (Å²) in [6, 6.07) is -0.638. The third kappa shape index (κ3) is 3.17. The van der Waals surface area contributed by atoms with E-state index in [2.05, 4.69) is 33.0 Å². The number of carbonyl (C=O) groups excluding carboxylic acids is 2. The van der Waals surface area contributed by atoms with Crippen molar-refractivity contribution in [3.63, 3.8) is 0 Å². The number of nitrogens with one attached hydrogen (secondary N) is 1. The second kappa shape index (κ2) is 5.35. The lowest BCUT2D eigenvalue weighted by Gasteiger charge is -2.38. The predicted molar refractivity (Wildman–Crippen MR) is 76.2 cm³/mol. The fraction of sp³-hybridized carbons (Fsp3) is 0.733. The summed E-state index contributed by atoms with van der Waals surface area (Å²) in [5.41, 5.74) is 5.29. The van der Waals surface area contributed by atoms with E-state index in [1.54, 1.807) is 13.0 Å². The second-order valence-corrected chi connectivity index (χ2v) is 6.54. The van der Waals surface area contributed by atoms with Gasteiger partial charge in [0.15, 0.2) is 0 Å². The van der Waals surface area contributed by atoms with Gasteiger partial charge in [-0.15, -0.1) is 0 Å². The van der Waals surface area contributed by atoms with Gasteiger partial charge in [-0.3, -0.25) is 9.59 Å². The molecular weight excluding hydrogens is 240 g/mol. The van der Waals surface area contributed by atoms with E-state index in [-0.39, 0.29) is 16.7 Å². The largest absolute Gasteiger partial charge is 0.368 e. The monoisotopic (exact) mass is 266 g/mol. The van der Waals surface area contributed by atoms with E-state index in [1.807, 2.05) is 6.08 Å². The molecule has 1 fully saturated rings. The molecule has 1 aliphatic carbocycles. The van der Waals surface area contributed by atoms with Crippen molar-refractivity contribution in [1.82, 2.24) is 5.32 Å². The Hall–Kier alpha value is -1.32. The van der Waals surface area contributed by atoms with Crippen LogP contribution in [0, 0.1) is 16.7 Å². The lowest BCUT2D eigenvalue weighted by Crippen LogP contribution is -2.41. The Bertz CT molecular complexity index is 401. The zero-order valence-electron chi connectivity index (χ0n) is 12.6. The Kier molecular flexibility index (Phi) is 4.43.